The van der Waals surface area contributed by atoms with Crippen molar-refractivity contribution in [2.24, 2.45) is 0 Å². The Labute approximate surface area is 61.3 Å². The van der Waals surface area contributed by atoms with Crippen LogP contribution in [0.25, 0.3) is 0 Å². The van der Waals surface area contributed by atoms with Gasteiger partial charge in [0, 0.05) is 6.07 Å². The van der Waals surface area contributed by atoms with Crippen LogP contribution in [0.4, 0.5) is 0 Å². The van der Waals surface area contributed by atoms with Gasteiger partial charge < -0.3 is 0 Å². The van der Waals surface area contributed by atoms with Crippen LogP contribution >= 0.6 is 0 Å². The summed E-state index contributed by atoms with van der Waals surface area (Å²) in [5.74, 6) is 0.505. The fourth-order valence-corrected chi connectivity index (χ4v) is 0.730. The molecule has 0 amide bonds. The molecule has 2 nitrogen and oxygen atoms in total. The van der Waals surface area contributed by atoms with Crippen molar-refractivity contribution in [1.82, 2.24) is 10.2 Å². The van der Waals surface area contributed by atoms with E-state index in [1.54, 1.807) is 6.20 Å². The van der Waals surface area contributed by atoms with E-state index in [-0.39, 0.29) is 0 Å². The molecule has 0 fully saturated rings. The fourth-order valence-electron chi connectivity index (χ4n) is 0.730. The van der Waals surface area contributed by atoms with Crippen LogP contribution in [-0.2, 0) is 0 Å². The molecule has 0 saturated heterocycles. The van der Waals surface area contributed by atoms with Crippen LogP contribution < -0.4 is 0 Å². The monoisotopic (exact) mass is 135 g/mol. The zero-order valence-corrected chi connectivity index (χ0v) is 6.33. The molecule has 10 heavy (non-hydrogen) atoms. The molecule has 1 unspecified atom stereocenters. The van der Waals surface area contributed by atoms with E-state index in [1.165, 1.54) is 0 Å². The lowest BCUT2D eigenvalue weighted by atomic mass is 10.1. The molecule has 1 radical (unpaired) electrons. The summed E-state index contributed by atoms with van der Waals surface area (Å²) >= 11 is 0. The van der Waals surface area contributed by atoms with Gasteiger partial charge >= 0.3 is 0 Å². The first-order chi connectivity index (χ1) is 4.84. The van der Waals surface area contributed by atoms with Gasteiger partial charge in [-0.05, 0) is 18.4 Å². The maximum Gasteiger partial charge on any atom is 0.0665 e. The zero-order valence-electron chi connectivity index (χ0n) is 6.33. The molecular formula is C8H11N2. The highest BCUT2D eigenvalue weighted by molar-refractivity contribution is 5.03. The van der Waals surface area contributed by atoms with Crippen LogP contribution in [-0.4, -0.2) is 10.2 Å². The molecule has 0 bridgehead atoms. The van der Waals surface area contributed by atoms with Crippen LogP contribution in [0.5, 0.6) is 0 Å². The highest BCUT2D eigenvalue weighted by atomic mass is 15.1. The molecule has 1 rings (SSSR count). The van der Waals surface area contributed by atoms with Gasteiger partial charge in [-0.1, -0.05) is 13.8 Å². The lowest BCUT2D eigenvalue weighted by Crippen LogP contribution is -1.95. The largest absolute Gasteiger partial charge is 0.158 e. The van der Waals surface area contributed by atoms with Crippen LogP contribution in [0.3, 0.4) is 0 Å². The molecule has 1 heterocycles. The molecule has 0 aliphatic carbocycles. The zero-order chi connectivity index (χ0) is 7.40. The Morgan fingerprint density at radius 2 is 2.50 bits per heavy atom. The summed E-state index contributed by atoms with van der Waals surface area (Å²) in [6, 6.07) is 4.79. The lowest BCUT2D eigenvalue weighted by molar-refractivity contribution is 0.690. The van der Waals surface area contributed by atoms with Gasteiger partial charge in [0.15, 0.2) is 0 Å². The average molecular weight is 135 g/mol. The second-order valence-corrected chi connectivity index (χ2v) is 2.39. The average Bonchev–Trinajstić information content (AvgIpc) is 2.05. The molecule has 1 aromatic heterocycles. The van der Waals surface area contributed by atoms with Crippen LogP contribution in [0.15, 0.2) is 12.3 Å². The minimum absolute atomic E-state index is 0.505. The molecule has 0 aromatic carbocycles. The van der Waals surface area contributed by atoms with Crippen molar-refractivity contribution in [3.8, 4) is 0 Å². The fraction of sp³-hybridized carbons (Fsp3) is 0.500. The number of hydrogen-bond acceptors (Lipinski definition) is 2. The van der Waals surface area contributed by atoms with Crippen molar-refractivity contribution in [3.63, 3.8) is 0 Å². The summed E-state index contributed by atoms with van der Waals surface area (Å²) in [5.41, 5.74) is 1.03. The van der Waals surface area contributed by atoms with E-state index >= 15 is 0 Å². The number of nitrogens with zero attached hydrogens (tertiary/aromatic N) is 2. The Bertz CT molecular complexity index is 184. The third-order valence-electron chi connectivity index (χ3n) is 1.65. The lowest BCUT2D eigenvalue weighted by Gasteiger charge is -2.03. The van der Waals surface area contributed by atoms with E-state index < -0.39 is 0 Å². The summed E-state index contributed by atoms with van der Waals surface area (Å²) in [6.45, 7) is 4.28. The van der Waals surface area contributed by atoms with Gasteiger partial charge in [0.25, 0.3) is 0 Å². The van der Waals surface area contributed by atoms with Gasteiger partial charge in [-0.15, -0.1) is 0 Å². The molecule has 0 aliphatic heterocycles. The molecule has 0 spiro atoms. The SMILES string of the molecule is CCC(C)c1c[c]cnn1. The Balaban J connectivity index is 2.75. The van der Waals surface area contributed by atoms with Crippen molar-refractivity contribution in [2.45, 2.75) is 26.2 Å². The summed E-state index contributed by atoms with van der Waals surface area (Å²) in [7, 11) is 0. The van der Waals surface area contributed by atoms with Gasteiger partial charge in [-0.3, -0.25) is 0 Å². The van der Waals surface area contributed by atoms with Crippen molar-refractivity contribution in [3.05, 3.63) is 24.0 Å². The number of hydrogen-bond donors (Lipinski definition) is 0. The first-order valence-corrected chi connectivity index (χ1v) is 3.53. The molecule has 0 saturated carbocycles. The molecule has 53 valence electrons. The summed E-state index contributed by atoms with van der Waals surface area (Å²) in [6.07, 6.45) is 2.68. The molecule has 0 N–H and O–H groups in total. The minimum atomic E-state index is 0.505. The predicted molar refractivity (Wildman–Crippen MR) is 39.6 cm³/mol. The Hall–Kier alpha value is -0.920. The molecule has 1 aromatic rings. The maximum atomic E-state index is 3.97. The van der Waals surface area contributed by atoms with Gasteiger partial charge in [0.2, 0.25) is 0 Å². The van der Waals surface area contributed by atoms with Gasteiger partial charge in [-0.2, -0.15) is 10.2 Å². The van der Waals surface area contributed by atoms with E-state index in [0.717, 1.165) is 12.1 Å². The van der Waals surface area contributed by atoms with E-state index in [4.69, 9.17) is 0 Å². The summed E-state index contributed by atoms with van der Waals surface area (Å²) < 4.78 is 0. The van der Waals surface area contributed by atoms with Crippen LogP contribution in [0.1, 0.15) is 31.9 Å². The Morgan fingerprint density at radius 1 is 1.70 bits per heavy atom. The second-order valence-electron chi connectivity index (χ2n) is 2.39. The summed E-state index contributed by atoms with van der Waals surface area (Å²) in [4.78, 5) is 0. The van der Waals surface area contributed by atoms with E-state index in [1.807, 2.05) is 6.07 Å². The molecule has 1 atom stereocenters. The topological polar surface area (TPSA) is 25.8 Å². The van der Waals surface area contributed by atoms with Crippen molar-refractivity contribution < 1.29 is 0 Å². The standard InChI is InChI=1S/C8H11N2/c1-3-7(2)8-5-4-6-9-10-8/h5-7H,3H2,1-2H3. The minimum Gasteiger partial charge on any atom is -0.158 e. The van der Waals surface area contributed by atoms with E-state index in [2.05, 4.69) is 30.1 Å². The van der Waals surface area contributed by atoms with Gasteiger partial charge in [0.05, 0.1) is 11.9 Å². The first-order valence-electron chi connectivity index (χ1n) is 3.53. The van der Waals surface area contributed by atoms with E-state index in [9.17, 15) is 0 Å². The second kappa shape index (κ2) is 3.30. The number of aromatic nitrogens is 2. The normalized spacial score (nSPS) is 13.0. The van der Waals surface area contributed by atoms with Gasteiger partial charge in [-0.25, -0.2) is 0 Å². The maximum absolute atomic E-state index is 3.97. The Morgan fingerprint density at radius 3 is 3.00 bits per heavy atom. The third-order valence-corrected chi connectivity index (χ3v) is 1.65. The highest BCUT2D eigenvalue weighted by Gasteiger charge is 2.01. The van der Waals surface area contributed by atoms with E-state index in [0.29, 0.717) is 5.92 Å². The highest BCUT2D eigenvalue weighted by Crippen LogP contribution is 2.13. The van der Waals surface area contributed by atoms with Crippen molar-refractivity contribution >= 4 is 0 Å². The quantitative estimate of drug-likeness (QED) is 0.617. The number of rotatable bonds is 2. The molecular weight excluding hydrogens is 124 g/mol. The van der Waals surface area contributed by atoms with Gasteiger partial charge in [0.1, 0.15) is 0 Å². The van der Waals surface area contributed by atoms with Crippen molar-refractivity contribution in [1.29, 1.82) is 0 Å². The van der Waals surface area contributed by atoms with Crippen LogP contribution in [0.2, 0.25) is 0 Å². The summed E-state index contributed by atoms with van der Waals surface area (Å²) in [5, 5.41) is 7.72. The van der Waals surface area contributed by atoms with Crippen LogP contribution in [0, 0.1) is 6.07 Å². The first kappa shape index (κ1) is 7.19. The Kier molecular flexibility index (Phi) is 2.37. The smallest absolute Gasteiger partial charge is 0.0665 e. The molecule has 0 aliphatic rings. The third kappa shape index (κ3) is 1.53. The van der Waals surface area contributed by atoms with Crippen molar-refractivity contribution in [2.75, 3.05) is 0 Å². The predicted octanol–water partition coefficient (Wildman–Crippen LogP) is 1.79. The molecule has 2 heteroatoms.